The average molecular weight is 366 g/mol. The quantitative estimate of drug-likeness (QED) is 0.598. The van der Waals surface area contributed by atoms with Crippen molar-refractivity contribution >= 4 is 33.2 Å². The monoisotopic (exact) mass is 366 g/mol. The van der Waals surface area contributed by atoms with E-state index in [4.69, 9.17) is 0 Å². The SMILES string of the molecule is Cc1ccc(S(=O)(=O)N2CC(N3C(=O)C4CC=CCC4C3=O)C2)s1. The number of rotatable bonds is 3. The highest BCUT2D eigenvalue weighted by molar-refractivity contribution is 7.91. The summed E-state index contributed by atoms with van der Waals surface area (Å²) in [4.78, 5) is 27.3. The third-order valence-corrected chi connectivity index (χ3v) is 8.35. The molecule has 4 rings (SSSR count). The maximum absolute atomic E-state index is 12.5. The Balaban J connectivity index is 1.48. The number of likely N-dealkylation sites (tertiary alicyclic amines) is 1. The smallest absolute Gasteiger partial charge is 0.252 e. The fourth-order valence-corrected chi connectivity index (χ4v) is 6.59. The Bertz CT molecular complexity index is 810. The van der Waals surface area contributed by atoms with Crippen LogP contribution in [0.25, 0.3) is 0 Å². The second-order valence-corrected chi connectivity index (χ2v) is 10.00. The zero-order valence-electron chi connectivity index (χ0n) is 13.2. The second kappa shape index (κ2) is 5.50. The lowest BCUT2D eigenvalue weighted by Crippen LogP contribution is -2.62. The molecular formula is C16H18N2O4S2. The van der Waals surface area contributed by atoms with Crippen molar-refractivity contribution in [2.45, 2.75) is 30.0 Å². The number of nitrogens with zero attached hydrogens (tertiary/aromatic N) is 2. The fraction of sp³-hybridized carbons (Fsp3) is 0.500. The number of amides is 2. The number of carbonyl (C=O) groups is 2. The minimum absolute atomic E-state index is 0.136. The van der Waals surface area contributed by atoms with E-state index in [1.54, 1.807) is 12.1 Å². The second-order valence-electron chi connectivity index (χ2n) is 6.54. The summed E-state index contributed by atoms with van der Waals surface area (Å²) in [6, 6.07) is 3.06. The molecule has 6 nitrogen and oxygen atoms in total. The Morgan fingerprint density at radius 3 is 2.12 bits per heavy atom. The molecule has 1 aromatic heterocycles. The minimum Gasteiger partial charge on any atom is -0.276 e. The van der Waals surface area contributed by atoms with E-state index < -0.39 is 10.0 Å². The third kappa shape index (κ3) is 2.28. The van der Waals surface area contributed by atoms with Crippen molar-refractivity contribution in [1.82, 2.24) is 9.21 Å². The molecule has 0 saturated carbocycles. The van der Waals surface area contributed by atoms with Crippen LogP contribution in [0.5, 0.6) is 0 Å². The van der Waals surface area contributed by atoms with Gasteiger partial charge in [0.05, 0.1) is 17.9 Å². The van der Waals surface area contributed by atoms with E-state index in [2.05, 4.69) is 0 Å². The molecule has 8 heteroatoms. The molecule has 2 saturated heterocycles. The van der Waals surface area contributed by atoms with Crippen LogP contribution >= 0.6 is 11.3 Å². The summed E-state index contributed by atoms with van der Waals surface area (Å²) < 4.78 is 26.7. The van der Waals surface area contributed by atoms with E-state index in [0.29, 0.717) is 17.1 Å². The Kier molecular flexibility index (Phi) is 3.67. The first kappa shape index (κ1) is 16.0. The Morgan fingerprint density at radius 2 is 1.62 bits per heavy atom. The summed E-state index contributed by atoms with van der Waals surface area (Å²) in [7, 11) is -3.51. The number of allylic oxidation sites excluding steroid dienone is 2. The standard InChI is InChI=1S/C16H18N2O4S2/c1-10-6-7-14(23-10)24(21,22)17-8-11(9-17)18-15(19)12-4-2-3-5-13(12)16(18)20/h2-3,6-7,11-13H,4-5,8-9H2,1H3. The molecule has 2 unspecified atom stereocenters. The Morgan fingerprint density at radius 1 is 1.04 bits per heavy atom. The topological polar surface area (TPSA) is 74.8 Å². The molecule has 2 atom stereocenters. The van der Waals surface area contributed by atoms with Crippen molar-refractivity contribution in [3.8, 4) is 0 Å². The van der Waals surface area contributed by atoms with Gasteiger partial charge in [-0.3, -0.25) is 14.5 Å². The van der Waals surface area contributed by atoms with Gasteiger partial charge in [-0.1, -0.05) is 12.2 Å². The number of hydrogen-bond acceptors (Lipinski definition) is 5. The molecule has 1 aliphatic carbocycles. The van der Waals surface area contributed by atoms with Gasteiger partial charge in [-0.15, -0.1) is 11.3 Å². The number of imide groups is 1. The van der Waals surface area contributed by atoms with Crippen LogP contribution in [0.15, 0.2) is 28.5 Å². The van der Waals surface area contributed by atoms with Gasteiger partial charge in [0.2, 0.25) is 11.8 Å². The number of thiophene rings is 1. The highest BCUT2D eigenvalue weighted by Crippen LogP contribution is 2.38. The summed E-state index contributed by atoms with van der Waals surface area (Å²) >= 11 is 1.24. The molecule has 3 heterocycles. The summed E-state index contributed by atoms with van der Waals surface area (Å²) in [5.74, 6) is -0.784. The fourth-order valence-electron chi connectivity index (χ4n) is 3.64. The summed E-state index contributed by atoms with van der Waals surface area (Å²) in [6.07, 6.45) is 5.11. The number of aryl methyl sites for hydroxylation is 1. The van der Waals surface area contributed by atoms with Crippen LogP contribution in [-0.4, -0.2) is 48.6 Å². The van der Waals surface area contributed by atoms with E-state index in [-0.39, 0.29) is 42.8 Å². The van der Waals surface area contributed by atoms with Crippen molar-refractivity contribution in [3.63, 3.8) is 0 Å². The third-order valence-electron chi connectivity index (χ3n) is 5.05. The molecule has 0 spiro atoms. The molecule has 0 radical (unpaired) electrons. The lowest BCUT2D eigenvalue weighted by molar-refractivity contribution is -0.145. The van der Waals surface area contributed by atoms with Crippen molar-refractivity contribution in [2.75, 3.05) is 13.1 Å². The van der Waals surface area contributed by atoms with Crippen LogP contribution in [0.4, 0.5) is 0 Å². The van der Waals surface area contributed by atoms with E-state index in [1.807, 2.05) is 19.1 Å². The van der Waals surface area contributed by atoms with Gasteiger partial charge in [-0.2, -0.15) is 4.31 Å². The number of sulfonamides is 1. The maximum Gasteiger partial charge on any atom is 0.252 e. The zero-order valence-corrected chi connectivity index (χ0v) is 14.8. The normalized spacial score (nSPS) is 28.3. The minimum atomic E-state index is -3.51. The van der Waals surface area contributed by atoms with E-state index >= 15 is 0 Å². The first-order valence-electron chi connectivity index (χ1n) is 7.98. The van der Waals surface area contributed by atoms with Gasteiger partial charge in [0.1, 0.15) is 4.21 Å². The number of fused-ring (bicyclic) bond motifs is 1. The highest BCUT2D eigenvalue weighted by Gasteiger charge is 2.53. The molecule has 3 aliphatic rings. The zero-order chi connectivity index (χ0) is 17.1. The molecule has 0 aromatic carbocycles. The summed E-state index contributed by atoms with van der Waals surface area (Å²) in [5.41, 5.74) is 0. The number of hydrogen-bond donors (Lipinski definition) is 0. The van der Waals surface area contributed by atoms with Gasteiger partial charge in [0.25, 0.3) is 10.0 Å². The molecular weight excluding hydrogens is 348 g/mol. The van der Waals surface area contributed by atoms with Gasteiger partial charge in [0, 0.05) is 18.0 Å². The molecule has 0 N–H and O–H groups in total. The van der Waals surface area contributed by atoms with Crippen LogP contribution in [0.2, 0.25) is 0 Å². The maximum atomic E-state index is 12.5. The predicted molar refractivity (Wildman–Crippen MR) is 88.8 cm³/mol. The lowest BCUT2D eigenvalue weighted by atomic mass is 9.85. The first-order chi connectivity index (χ1) is 11.4. The van der Waals surface area contributed by atoms with Gasteiger partial charge < -0.3 is 0 Å². The predicted octanol–water partition coefficient (Wildman–Crippen LogP) is 1.38. The van der Waals surface area contributed by atoms with Crippen LogP contribution in [0.3, 0.4) is 0 Å². The van der Waals surface area contributed by atoms with Crippen molar-refractivity contribution in [2.24, 2.45) is 11.8 Å². The molecule has 24 heavy (non-hydrogen) atoms. The largest absolute Gasteiger partial charge is 0.276 e. The van der Waals surface area contributed by atoms with Gasteiger partial charge in [-0.05, 0) is 31.9 Å². The lowest BCUT2D eigenvalue weighted by Gasteiger charge is -2.41. The van der Waals surface area contributed by atoms with E-state index in [0.717, 1.165) is 4.88 Å². The summed E-state index contributed by atoms with van der Waals surface area (Å²) in [5, 5.41) is 0. The van der Waals surface area contributed by atoms with Crippen molar-refractivity contribution in [3.05, 3.63) is 29.2 Å². The average Bonchev–Trinajstić information content (AvgIpc) is 3.04. The molecule has 2 aliphatic heterocycles. The van der Waals surface area contributed by atoms with Crippen molar-refractivity contribution < 1.29 is 18.0 Å². The molecule has 0 bridgehead atoms. The molecule has 2 fully saturated rings. The van der Waals surface area contributed by atoms with E-state index in [1.165, 1.54) is 20.5 Å². The number of carbonyl (C=O) groups excluding carboxylic acids is 2. The Hall–Kier alpha value is -1.51. The molecule has 128 valence electrons. The molecule has 1 aromatic rings. The highest BCUT2D eigenvalue weighted by atomic mass is 32.2. The van der Waals surface area contributed by atoms with Crippen LogP contribution in [0.1, 0.15) is 17.7 Å². The van der Waals surface area contributed by atoms with Gasteiger partial charge in [-0.25, -0.2) is 8.42 Å². The van der Waals surface area contributed by atoms with Crippen LogP contribution in [0, 0.1) is 18.8 Å². The molecule has 2 amide bonds. The van der Waals surface area contributed by atoms with Crippen LogP contribution in [-0.2, 0) is 19.6 Å². The van der Waals surface area contributed by atoms with Gasteiger partial charge >= 0.3 is 0 Å². The van der Waals surface area contributed by atoms with Gasteiger partial charge in [0.15, 0.2) is 0 Å². The van der Waals surface area contributed by atoms with Crippen LogP contribution < -0.4 is 0 Å². The first-order valence-corrected chi connectivity index (χ1v) is 10.2. The summed E-state index contributed by atoms with van der Waals surface area (Å²) in [6.45, 7) is 2.26. The van der Waals surface area contributed by atoms with E-state index in [9.17, 15) is 18.0 Å². The van der Waals surface area contributed by atoms with Crippen molar-refractivity contribution in [1.29, 1.82) is 0 Å². The Labute approximate surface area is 144 Å².